The SMILES string of the molecule is Cc1ncnc2c1ccn2[C@@H]1C[C@@]2(CO[C@@H](c3ccc4cc(Br)c(N)nc4c3)C2)[C@@H](O)[C@H]1O.Cc1ncnc2c1ccn2[C@@H]1C[C@@]2(CO[C@@H](c3ccc4ccc(N)nc4c3)C2)[C@@H](O)[C@H]1O.Cc1ncnc2c1ccn2[C@@H]1C[C@@]2(CO[C@H](c3ccc4cc(Br)c(N)nc4c3)C2)[C@@H](O)[C@H]1O.Cc1ncnc2c1ccn2[C@@H]1C[C@@]2(CO[C@H](c3ccc4ccc(N)nc4c3)C2)[C@@H](O)[C@H]1O. The van der Waals surface area contributed by atoms with Crippen LogP contribution in [-0.2, 0) is 18.9 Å². The third-order valence-electron chi connectivity index (χ3n) is 29.4. The number of nitrogens with zero attached hydrogens (tertiary/aromatic N) is 16. The molecule has 0 radical (unpaired) electrons. The lowest BCUT2D eigenvalue weighted by Crippen LogP contribution is -2.37. The van der Waals surface area contributed by atoms with Crippen LogP contribution in [0.15, 0.2) is 193 Å². The van der Waals surface area contributed by atoms with Gasteiger partial charge in [0.1, 0.15) is 95.6 Å². The van der Waals surface area contributed by atoms with Gasteiger partial charge in [-0.1, -0.05) is 48.5 Å². The first kappa shape index (κ1) is 85.5. The van der Waals surface area contributed by atoms with E-state index >= 15 is 0 Å². The predicted molar refractivity (Wildman–Crippen MR) is 495 cm³/mol. The highest BCUT2D eigenvalue weighted by atomic mass is 79.9. The number of nitrogens with two attached hydrogens (primary N) is 4. The summed E-state index contributed by atoms with van der Waals surface area (Å²) in [7, 11) is 0. The predicted octanol–water partition coefficient (Wildman–Crippen LogP) is 12.3. The Balaban J connectivity index is 0.000000105. The molecule has 0 amide bonds. The average molecular weight is 1880 g/mol. The van der Waals surface area contributed by atoms with E-state index in [1.54, 1.807) is 12.1 Å². The highest BCUT2D eigenvalue weighted by molar-refractivity contribution is 9.11. The van der Waals surface area contributed by atoms with Crippen LogP contribution in [0.3, 0.4) is 0 Å². The van der Waals surface area contributed by atoms with E-state index < -0.39 is 70.5 Å². The van der Waals surface area contributed by atoms with Crippen LogP contribution in [-0.4, -0.2) is 194 Å². The molecular formula is C96H98Br2N20O12. The molecule has 8 fully saturated rings. The lowest BCUT2D eigenvalue weighted by Gasteiger charge is -2.26. The quantitative estimate of drug-likeness (QED) is 0.0672. The van der Waals surface area contributed by atoms with E-state index in [4.69, 9.17) is 41.9 Å². The molecule has 8 aliphatic rings. The minimum absolute atomic E-state index is 0.172. The van der Waals surface area contributed by atoms with Crippen molar-refractivity contribution in [2.45, 2.75) is 176 Å². The van der Waals surface area contributed by atoms with Gasteiger partial charge in [0, 0.05) is 89.5 Å². The molecule has 4 saturated heterocycles. The summed E-state index contributed by atoms with van der Waals surface area (Å²) in [6.07, 6.45) is 10.9. The monoisotopic (exact) mass is 1880 g/mol. The molecule has 0 unspecified atom stereocenters. The Labute approximate surface area is 761 Å². The van der Waals surface area contributed by atoms with E-state index in [9.17, 15) is 40.9 Å². The van der Waals surface area contributed by atoms with Crippen molar-refractivity contribution in [1.29, 1.82) is 0 Å². The standard InChI is InChI=1S/2C24H24BrN5O3.2C24H25N5O3/c2*1-12-15-4-5-30(23(15)28-11-27-12)18-8-24(21(32)20(18)31)9-19(33-10-24)14-3-2-13-6-16(25)22(26)29-17(13)7-14;2*1-13-16-6-7-29(23(16)27-12-26-13)18-9-24(22(31)21(18)30)10-19(32-11-24)15-3-2-14-4-5-20(25)28-17(14)8-15/h2*2-7,11,18-21,31-32H,8-10H2,1H3,(H2,26,29);2*2-8,12,18-19,21-22,30-31H,9-11H2,1H3,(H2,25,28)/t18-,19+,20+,21+,24-;18-,19-,20+,21+,24-;18-,19+,21+,22+,24-;18-,19-,21+,22+,24-/m1111/s1. The fourth-order valence-corrected chi connectivity index (χ4v) is 22.8. The van der Waals surface area contributed by atoms with Gasteiger partial charge in [-0.2, -0.15) is 0 Å². The molecule has 34 heteroatoms. The van der Waals surface area contributed by atoms with E-state index in [2.05, 4.69) is 91.7 Å². The number of benzene rings is 4. The Morgan fingerprint density at radius 3 is 0.823 bits per heavy atom. The van der Waals surface area contributed by atoms with Crippen molar-refractivity contribution >= 4 is 143 Å². The second-order valence-electron chi connectivity index (χ2n) is 37.0. The maximum Gasteiger partial charge on any atom is 0.143 e. The molecule has 4 aliphatic heterocycles. The van der Waals surface area contributed by atoms with E-state index in [0.29, 0.717) is 101 Å². The van der Waals surface area contributed by atoms with Crippen LogP contribution in [0.5, 0.6) is 0 Å². The number of nitrogen functional groups attached to an aromatic ring is 4. The summed E-state index contributed by atoms with van der Waals surface area (Å²) in [5.41, 5.74) is 35.5. The minimum atomic E-state index is -0.909. The van der Waals surface area contributed by atoms with E-state index in [1.165, 1.54) is 25.3 Å². The molecule has 4 aromatic carbocycles. The molecule has 0 bridgehead atoms. The van der Waals surface area contributed by atoms with Gasteiger partial charge < -0.3 is 101 Å². The van der Waals surface area contributed by atoms with Gasteiger partial charge in [-0.15, -0.1) is 0 Å². The number of pyridine rings is 4. The first-order chi connectivity index (χ1) is 62.6. The molecule has 32 nitrogen and oxygen atoms in total. The van der Waals surface area contributed by atoms with E-state index in [0.717, 1.165) is 142 Å². The molecule has 4 aliphatic carbocycles. The summed E-state index contributed by atoms with van der Waals surface area (Å²) >= 11 is 6.84. The average Bonchev–Trinajstić information content (AvgIpc) is 1.59. The van der Waals surface area contributed by atoms with Crippen LogP contribution < -0.4 is 22.9 Å². The maximum absolute atomic E-state index is 11.1. The van der Waals surface area contributed by atoms with Gasteiger partial charge in [0.2, 0.25) is 0 Å². The Bertz CT molecular complexity index is 6710. The van der Waals surface area contributed by atoms with Gasteiger partial charge in [0.05, 0.1) is 153 Å². The summed E-state index contributed by atoms with van der Waals surface area (Å²) < 4.78 is 34.2. The highest BCUT2D eigenvalue weighted by Crippen LogP contribution is 2.60. The number of hydrogen-bond acceptors (Lipinski definition) is 28. The van der Waals surface area contributed by atoms with Crippen LogP contribution >= 0.6 is 31.9 Å². The Kier molecular flexibility index (Phi) is 21.6. The number of fused-ring (bicyclic) bond motifs is 8. The zero-order valence-electron chi connectivity index (χ0n) is 71.5. The van der Waals surface area contributed by atoms with Crippen molar-refractivity contribution in [2.24, 2.45) is 21.7 Å². The summed E-state index contributed by atoms with van der Waals surface area (Å²) in [5.74, 6) is 1.85. The van der Waals surface area contributed by atoms with Crippen LogP contribution in [0, 0.1) is 49.4 Å². The van der Waals surface area contributed by atoms with Gasteiger partial charge in [-0.25, -0.2) is 59.8 Å². The van der Waals surface area contributed by atoms with Crippen molar-refractivity contribution in [1.82, 2.24) is 78.1 Å². The molecule has 130 heavy (non-hydrogen) atoms. The number of hydrogen-bond donors (Lipinski definition) is 12. The number of aliphatic hydroxyl groups excluding tert-OH is 8. The molecule has 20 atom stereocenters. The van der Waals surface area contributed by atoms with Crippen LogP contribution in [0.4, 0.5) is 23.3 Å². The summed E-state index contributed by atoms with van der Waals surface area (Å²) in [4.78, 5) is 52.5. The zero-order valence-corrected chi connectivity index (χ0v) is 74.6. The molecular weight excluding hydrogens is 1780 g/mol. The number of aliphatic hydroxyl groups is 8. The van der Waals surface area contributed by atoms with E-state index in [1.807, 2.05) is 192 Å². The van der Waals surface area contributed by atoms with Gasteiger partial charge >= 0.3 is 0 Å². The third-order valence-corrected chi connectivity index (χ3v) is 30.6. The van der Waals surface area contributed by atoms with Gasteiger partial charge in [-0.05, 0) is 218 Å². The molecule has 12 aromatic heterocycles. The molecule has 4 spiro atoms. The third kappa shape index (κ3) is 14.6. The maximum atomic E-state index is 11.1. The fraction of sp³-hybridized carbons (Fsp3) is 0.375. The first-order valence-corrected chi connectivity index (χ1v) is 45.3. The van der Waals surface area contributed by atoms with Gasteiger partial charge in [0.25, 0.3) is 0 Å². The number of ether oxygens (including phenoxy) is 4. The molecule has 16 aromatic rings. The Hall–Kier alpha value is -11.3. The Morgan fingerprint density at radius 2 is 0.554 bits per heavy atom. The highest BCUT2D eigenvalue weighted by Gasteiger charge is 2.62. The van der Waals surface area contributed by atoms with Gasteiger partial charge in [0.15, 0.2) is 0 Å². The second kappa shape index (κ2) is 32.9. The molecule has 16 heterocycles. The fourth-order valence-electron chi connectivity index (χ4n) is 22.1. The van der Waals surface area contributed by atoms with Crippen molar-refractivity contribution in [3.05, 3.63) is 238 Å². The van der Waals surface area contributed by atoms with Crippen LogP contribution in [0.1, 0.15) is 145 Å². The van der Waals surface area contributed by atoms with Crippen molar-refractivity contribution < 1.29 is 59.8 Å². The number of anilines is 4. The smallest absolute Gasteiger partial charge is 0.143 e. The molecule has 668 valence electrons. The Morgan fingerprint density at radius 1 is 0.308 bits per heavy atom. The van der Waals surface area contributed by atoms with Crippen molar-refractivity contribution in [2.75, 3.05) is 49.4 Å². The second-order valence-corrected chi connectivity index (χ2v) is 38.7. The van der Waals surface area contributed by atoms with Crippen molar-refractivity contribution in [3.8, 4) is 0 Å². The summed E-state index contributed by atoms with van der Waals surface area (Å²) in [6, 6.07) is 42.3. The summed E-state index contributed by atoms with van der Waals surface area (Å²) in [5, 5.41) is 96.4. The number of halogens is 2. The molecule has 16 N–H and O–H groups in total. The molecule has 4 saturated carbocycles. The number of aryl methyl sites for hydroxylation is 4. The van der Waals surface area contributed by atoms with Crippen molar-refractivity contribution in [3.63, 3.8) is 0 Å². The topological polar surface area (TPSA) is 477 Å². The largest absolute Gasteiger partial charge is 0.390 e. The lowest BCUT2D eigenvalue weighted by molar-refractivity contribution is -0.0309. The molecule has 24 rings (SSSR count). The minimum Gasteiger partial charge on any atom is -0.390 e. The lowest BCUT2D eigenvalue weighted by atomic mass is 9.80. The van der Waals surface area contributed by atoms with Crippen LogP contribution in [0.2, 0.25) is 0 Å². The van der Waals surface area contributed by atoms with E-state index in [-0.39, 0.29) is 48.6 Å². The van der Waals surface area contributed by atoms with Crippen LogP contribution in [0.25, 0.3) is 87.7 Å². The zero-order chi connectivity index (χ0) is 89.9. The number of aromatic nitrogens is 16. The summed E-state index contributed by atoms with van der Waals surface area (Å²) in [6.45, 7) is 9.31. The number of rotatable bonds is 8. The first-order valence-electron chi connectivity index (χ1n) is 43.7. The van der Waals surface area contributed by atoms with Gasteiger partial charge in [-0.3, -0.25) is 0 Å². The normalized spacial score (nSPS) is 29.8.